The van der Waals surface area contributed by atoms with Crippen LogP contribution in [0.15, 0.2) is 9.42 Å². The van der Waals surface area contributed by atoms with Gasteiger partial charge in [-0.1, -0.05) is 5.16 Å². The Bertz CT molecular complexity index is 641. The first-order valence-corrected chi connectivity index (χ1v) is 8.67. The molecule has 0 bridgehead atoms. The normalized spacial score (nSPS) is 13.9. The van der Waals surface area contributed by atoms with Crippen molar-refractivity contribution in [1.82, 2.24) is 14.8 Å². The number of carbonyl (C=O) groups excluding carboxylic acids is 1. The Morgan fingerprint density at radius 2 is 1.96 bits per heavy atom. The van der Waals surface area contributed by atoms with Crippen LogP contribution in [0.3, 0.4) is 0 Å². The van der Waals surface area contributed by atoms with E-state index >= 15 is 0 Å². The third-order valence-corrected chi connectivity index (χ3v) is 5.00. The lowest BCUT2D eigenvalue weighted by Crippen LogP contribution is -2.44. The number of alkyl carbamates (subject to hydrolysis) is 1. The van der Waals surface area contributed by atoms with Crippen LogP contribution in [-0.4, -0.2) is 49.2 Å². The topological polar surface area (TPSA) is 102 Å². The summed E-state index contributed by atoms with van der Waals surface area (Å²) in [6, 6.07) is -0.426. The minimum atomic E-state index is -3.74. The van der Waals surface area contributed by atoms with E-state index in [0.29, 0.717) is 5.69 Å². The van der Waals surface area contributed by atoms with Gasteiger partial charge in [-0.25, -0.2) is 13.2 Å². The lowest BCUT2D eigenvalue weighted by Gasteiger charge is -2.24. The number of aryl methyl sites for hydroxylation is 2. The van der Waals surface area contributed by atoms with Crippen molar-refractivity contribution in [1.29, 1.82) is 0 Å². The third-order valence-electron chi connectivity index (χ3n) is 2.93. The van der Waals surface area contributed by atoms with Crippen molar-refractivity contribution in [2.75, 3.05) is 13.6 Å². The number of nitrogens with one attached hydrogen (secondary N) is 1. The van der Waals surface area contributed by atoms with E-state index in [1.54, 1.807) is 41.5 Å². The quantitative estimate of drug-likeness (QED) is 0.872. The Kier molecular flexibility index (Phi) is 5.81. The van der Waals surface area contributed by atoms with Crippen LogP contribution in [0.4, 0.5) is 4.79 Å². The van der Waals surface area contributed by atoms with Gasteiger partial charge in [-0.05, 0) is 41.5 Å². The summed E-state index contributed by atoms with van der Waals surface area (Å²) in [6.45, 7) is 10.2. The monoisotopic (exact) mass is 347 g/mol. The van der Waals surface area contributed by atoms with Gasteiger partial charge in [0.05, 0.1) is 0 Å². The zero-order chi connectivity index (χ0) is 18.0. The highest BCUT2D eigenvalue weighted by Gasteiger charge is 2.30. The summed E-state index contributed by atoms with van der Waals surface area (Å²) in [7, 11) is -2.30. The molecule has 9 heteroatoms. The predicted molar refractivity (Wildman–Crippen MR) is 84.6 cm³/mol. The predicted octanol–water partition coefficient (Wildman–Crippen LogP) is 1.83. The van der Waals surface area contributed by atoms with Crippen molar-refractivity contribution >= 4 is 16.1 Å². The van der Waals surface area contributed by atoms with Crippen molar-refractivity contribution in [3.63, 3.8) is 0 Å². The molecule has 0 aliphatic rings. The Morgan fingerprint density at radius 1 is 1.39 bits per heavy atom. The smallest absolute Gasteiger partial charge is 0.407 e. The molecule has 0 unspecified atom stereocenters. The van der Waals surface area contributed by atoms with Gasteiger partial charge in [0.1, 0.15) is 16.2 Å². The molecule has 1 heterocycles. The fraction of sp³-hybridized carbons (Fsp3) is 0.714. The second kappa shape index (κ2) is 6.88. The lowest BCUT2D eigenvalue weighted by atomic mass is 10.2. The molecule has 1 atom stereocenters. The first-order chi connectivity index (χ1) is 10.3. The maximum atomic E-state index is 12.6. The molecule has 0 aliphatic carbocycles. The molecular formula is C14H25N3O5S. The zero-order valence-corrected chi connectivity index (χ0v) is 15.4. The Balaban J connectivity index is 2.75. The van der Waals surface area contributed by atoms with Crippen molar-refractivity contribution in [2.45, 2.75) is 58.1 Å². The molecule has 0 radical (unpaired) electrons. The maximum absolute atomic E-state index is 12.6. The van der Waals surface area contributed by atoms with Gasteiger partial charge in [-0.2, -0.15) is 4.31 Å². The molecular weight excluding hydrogens is 322 g/mol. The highest BCUT2D eigenvalue weighted by Crippen LogP contribution is 2.22. The molecule has 8 nitrogen and oxygen atoms in total. The van der Waals surface area contributed by atoms with E-state index in [9.17, 15) is 13.2 Å². The summed E-state index contributed by atoms with van der Waals surface area (Å²) in [5.41, 5.74) is -0.305. The summed E-state index contributed by atoms with van der Waals surface area (Å²) in [5, 5.41) is 6.27. The zero-order valence-electron chi connectivity index (χ0n) is 14.6. The molecule has 1 amide bonds. The van der Waals surface area contributed by atoms with E-state index in [1.165, 1.54) is 7.05 Å². The van der Waals surface area contributed by atoms with Gasteiger partial charge in [0.25, 0.3) is 0 Å². The van der Waals surface area contributed by atoms with E-state index in [-0.39, 0.29) is 17.2 Å². The van der Waals surface area contributed by atoms with Crippen LogP contribution in [0.2, 0.25) is 0 Å². The number of ether oxygens (including phenoxy) is 1. The van der Waals surface area contributed by atoms with Crippen molar-refractivity contribution in [2.24, 2.45) is 0 Å². The molecule has 0 aliphatic heterocycles. The summed E-state index contributed by atoms with van der Waals surface area (Å²) in [4.78, 5) is 11.8. The number of rotatable bonds is 5. The van der Waals surface area contributed by atoms with E-state index in [1.807, 2.05) is 0 Å². The van der Waals surface area contributed by atoms with Gasteiger partial charge in [0.2, 0.25) is 10.0 Å². The Morgan fingerprint density at radius 3 is 2.39 bits per heavy atom. The van der Waals surface area contributed by atoms with Crippen LogP contribution in [0.5, 0.6) is 0 Å². The van der Waals surface area contributed by atoms with Gasteiger partial charge in [0.15, 0.2) is 5.76 Å². The average Bonchev–Trinajstić information content (AvgIpc) is 2.66. The van der Waals surface area contributed by atoms with Crippen LogP contribution < -0.4 is 5.32 Å². The first kappa shape index (κ1) is 19.4. The molecule has 23 heavy (non-hydrogen) atoms. The van der Waals surface area contributed by atoms with Crippen LogP contribution in [0.25, 0.3) is 0 Å². The lowest BCUT2D eigenvalue weighted by molar-refractivity contribution is 0.0504. The molecule has 0 fully saturated rings. The van der Waals surface area contributed by atoms with E-state index in [2.05, 4.69) is 10.5 Å². The number of carbonyl (C=O) groups is 1. The second-order valence-electron chi connectivity index (χ2n) is 6.49. The Labute approximate surface area is 137 Å². The number of likely N-dealkylation sites (N-methyl/N-ethyl adjacent to an activating group) is 1. The standard InChI is InChI=1S/C14H25N3O5S/c1-9(15-13(18)21-14(4,5)6)8-17(7)23(19,20)12-10(2)16-22-11(12)3/h9H,8H2,1-7H3,(H,15,18)/t9-/m1/s1. The molecule has 1 N–H and O–H groups in total. The van der Waals surface area contributed by atoms with Gasteiger partial charge in [0, 0.05) is 19.6 Å². The number of amides is 1. The number of hydrogen-bond acceptors (Lipinski definition) is 6. The minimum Gasteiger partial charge on any atom is -0.444 e. The average molecular weight is 347 g/mol. The fourth-order valence-electron chi connectivity index (χ4n) is 2.04. The second-order valence-corrected chi connectivity index (χ2v) is 8.47. The molecule has 0 aromatic carbocycles. The van der Waals surface area contributed by atoms with Crippen molar-refractivity contribution in [3.05, 3.63) is 11.5 Å². The first-order valence-electron chi connectivity index (χ1n) is 7.23. The van der Waals surface area contributed by atoms with E-state index < -0.39 is 27.8 Å². The highest BCUT2D eigenvalue weighted by molar-refractivity contribution is 7.89. The third kappa shape index (κ3) is 5.21. The molecule has 132 valence electrons. The molecule has 1 aromatic rings. The Hall–Kier alpha value is -1.61. The molecule has 1 rings (SSSR count). The largest absolute Gasteiger partial charge is 0.444 e. The molecule has 0 spiro atoms. The van der Waals surface area contributed by atoms with Crippen LogP contribution in [0, 0.1) is 13.8 Å². The minimum absolute atomic E-state index is 0.0597. The van der Waals surface area contributed by atoms with Crippen LogP contribution in [0.1, 0.15) is 39.1 Å². The molecule has 0 saturated heterocycles. The van der Waals surface area contributed by atoms with Crippen molar-refractivity contribution in [3.8, 4) is 0 Å². The molecule has 0 saturated carbocycles. The summed E-state index contributed by atoms with van der Waals surface area (Å²) in [6.07, 6.45) is -0.590. The number of sulfonamides is 1. The van der Waals surface area contributed by atoms with Gasteiger partial charge >= 0.3 is 6.09 Å². The van der Waals surface area contributed by atoms with Crippen LogP contribution >= 0.6 is 0 Å². The summed E-state index contributed by atoms with van der Waals surface area (Å²) in [5.74, 6) is 0.238. The number of aromatic nitrogens is 1. The highest BCUT2D eigenvalue weighted by atomic mass is 32.2. The number of hydrogen-bond donors (Lipinski definition) is 1. The van der Waals surface area contributed by atoms with Crippen molar-refractivity contribution < 1.29 is 22.5 Å². The maximum Gasteiger partial charge on any atom is 0.407 e. The summed E-state index contributed by atoms with van der Waals surface area (Å²) >= 11 is 0. The van der Waals surface area contributed by atoms with Crippen LogP contribution in [-0.2, 0) is 14.8 Å². The van der Waals surface area contributed by atoms with Gasteiger partial charge in [-0.15, -0.1) is 0 Å². The van der Waals surface area contributed by atoms with Gasteiger partial charge < -0.3 is 14.6 Å². The summed E-state index contributed by atoms with van der Waals surface area (Å²) < 4.78 is 36.3. The number of nitrogens with zero attached hydrogens (tertiary/aromatic N) is 2. The molecule has 1 aromatic heterocycles. The van der Waals surface area contributed by atoms with E-state index in [0.717, 1.165) is 4.31 Å². The SMILES string of the molecule is Cc1noc(C)c1S(=O)(=O)N(C)C[C@@H](C)NC(=O)OC(C)(C)C. The fourth-order valence-corrected chi connectivity index (χ4v) is 3.58. The van der Waals surface area contributed by atoms with Gasteiger partial charge in [-0.3, -0.25) is 0 Å². The van der Waals surface area contributed by atoms with E-state index in [4.69, 9.17) is 9.26 Å².